The Kier molecular flexibility index (Phi) is 4.79. The van der Waals surface area contributed by atoms with Crippen LogP contribution in [0, 0.1) is 5.92 Å². The molecular formula is C24H21F3N8O. The maximum atomic E-state index is 13.1. The Hall–Kier alpha value is -4.09. The second-order valence-corrected chi connectivity index (χ2v) is 9.40. The van der Waals surface area contributed by atoms with Gasteiger partial charge < -0.3 is 15.5 Å². The molecule has 1 aliphatic carbocycles. The van der Waals surface area contributed by atoms with Gasteiger partial charge in [-0.2, -0.15) is 13.2 Å². The third kappa shape index (κ3) is 3.39. The molecule has 0 saturated heterocycles. The summed E-state index contributed by atoms with van der Waals surface area (Å²) in [5.41, 5.74) is 6.42. The molecule has 36 heavy (non-hydrogen) atoms. The van der Waals surface area contributed by atoms with Crippen LogP contribution < -0.4 is 11.1 Å². The maximum absolute atomic E-state index is 13.1. The largest absolute Gasteiger partial charge is 0.417 e. The van der Waals surface area contributed by atoms with Crippen LogP contribution in [0.2, 0.25) is 0 Å². The van der Waals surface area contributed by atoms with E-state index in [1.165, 1.54) is 19.4 Å². The van der Waals surface area contributed by atoms with Crippen molar-refractivity contribution in [2.24, 2.45) is 5.92 Å². The number of carbonyl (C=O) groups excluding carboxylic acids is 1. The number of amides is 1. The molecule has 2 aliphatic rings. The summed E-state index contributed by atoms with van der Waals surface area (Å²) >= 11 is 0. The summed E-state index contributed by atoms with van der Waals surface area (Å²) in [6.07, 6.45) is 5.75. The van der Waals surface area contributed by atoms with Gasteiger partial charge in [0.15, 0.2) is 11.5 Å². The molecule has 0 aromatic carbocycles. The third-order valence-corrected chi connectivity index (χ3v) is 7.11. The van der Waals surface area contributed by atoms with Crippen LogP contribution in [0.15, 0.2) is 36.9 Å². The molecule has 3 N–H and O–H groups in total. The van der Waals surface area contributed by atoms with Crippen molar-refractivity contribution in [1.82, 2.24) is 29.3 Å². The van der Waals surface area contributed by atoms with E-state index in [-0.39, 0.29) is 28.7 Å². The van der Waals surface area contributed by atoms with Crippen molar-refractivity contribution in [1.29, 1.82) is 0 Å². The van der Waals surface area contributed by atoms with Gasteiger partial charge in [0.1, 0.15) is 22.7 Å². The minimum absolute atomic E-state index is 0.0191. The molecule has 0 radical (unpaired) electrons. The normalized spacial score (nSPS) is 19.8. The van der Waals surface area contributed by atoms with Gasteiger partial charge in [-0.1, -0.05) is 19.3 Å². The fraction of sp³-hybridized carbons (Fsp3) is 0.333. The fourth-order valence-corrected chi connectivity index (χ4v) is 4.84. The van der Waals surface area contributed by atoms with Gasteiger partial charge in [0.05, 0.1) is 22.5 Å². The number of imidazole rings is 1. The van der Waals surface area contributed by atoms with Crippen molar-refractivity contribution in [3.8, 4) is 11.5 Å². The van der Waals surface area contributed by atoms with Crippen LogP contribution in [-0.4, -0.2) is 35.2 Å². The van der Waals surface area contributed by atoms with E-state index in [0.717, 1.165) is 36.7 Å². The molecule has 4 aromatic heterocycles. The highest BCUT2D eigenvalue weighted by molar-refractivity contribution is 6.08. The number of hydrogen-bond acceptors (Lipinski definition) is 7. The summed E-state index contributed by atoms with van der Waals surface area (Å²) < 4.78 is 40.9. The lowest BCUT2D eigenvalue weighted by Crippen LogP contribution is -2.34. The molecule has 1 unspecified atom stereocenters. The van der Waals surface area contributed by atoms with Crippen molar-refractivity contribution in [3.05, 3.63) is 59.4 Å². The van der Waals surface area contributed by atoms with E-state index >= 15 is 0 Å². The quantitative estimate of drug-likeness (QED) is 0.442. The molecule has 5 heterocycles. The maximum Gasteiger partial charge on any atom is 0.417 e. The Morgan fingerprint density at radius 1 is 1.19 bits per heavy atom. The summed E-state index contributed by atoms with van der Waals surface area (Å²) in [5.74, 6) is 0.481. The van der Waals surface area contributed by atoms with Gasteiger partial charge in [0.2, 0.25) is 5.91 Å². The van der Waals surface area contributed by atoms with Crippen LogP contribution in [0.1, 0.15) is 48.7 Å². The Morgan fingerprint density at radius 2 is 2.00 bits per heavy atom. The van der Waals surface area contributed by atoms with Gasteiger partial charge in [0, 0.05) is 24.8 Å². The topological polar surface area (TPSA) is 124 Å². The van der Waals surface area contributed by atoms with E-state index in [9.17, 15) is 18.0 Å². The molecule has 1 saturated carbocycles. The zero-order chi connectivity index (χ0) is 25.2. The number of rotatable bonds is 4. The first-order valence-corrected chi connectivity index (χ1v) is 11.5. The minimum Gasteiger partial charge on any atom is -0.383 e. The molecule has 0 spiro atoms. The van der Waals surface area contributed by atoms with Gasteiger partial charge in [-0.3, -0.25) is 9.78 Å². The first-order chi connectivity index (χ1) is 17.1. The smallest absolute Gasteiger partial charge is 0.383 e. The van der Waals surface area contributed by atoms with Crippen LogP contribution >= 0.6 is 0 Å². The first-order valence-electron chi connectivity index (χ1n) is 11.5. The number of nitrogens with two attached hydrogens (primary N) is 1. The van der Waals surface area contributed by atoms with Gasteiger partial charge in [-0.25, -0.2) is 19.9 Å². The number of aromatic nitrogens is 6. The molecule has 1 atom stereocenters. The third-order valence-electron chi connectivity index (χ3n) is 7.11. The van der Waals surface area contributed by atoms with E-state index < -0.39 is 23.1 Å². The van der Waals surface area contributed by atoms with Crippen LogP contribution in [0.4, 0.5) is 24.8 Å². The highest BCUT2D eigenvalue weighted by Crippen LogP contribution is 2.44. The predicted molar refractivity (Wildman–Crippen MR) is 124 cm³/mol. The molecule has 4 aromatic rings. The molecule has 12 heteroatoms. The van der Waals surface area contributed by atoms with Crippen molar-refractivity contribution < 1.29 is 18.0 Å². The Morgan fingerprint density at radius 3 is 2.67 bits per heavy atom. The summed E-state index contributed by atoms with van der Waals surface area (Å²) in [6.45, 7) is 1.54. The van der Waals surface area contributed by atoms with Crippen LogP contribution in [0.5, 0.6) is 0 Å². The number of nitrogens with zero attached hydrogens (tertiary/aromatic N) is 6. The van der Waals surface area contributed by atoms with Gasteiger partial charge in [0.25, 0.3) is 0 Å². The van der Waals surface area contributed by atoms with Gasteiger partial charge in [-0.05, 0) is 31.4 Å². The second-order valence-electron chi connectivity index (χ2n) is 9.40. The van der Waals surface area contributed by atoms with Crippen molar-refractivity contribution in [3.63, 3.8) is 0 Å². The van der Waals surface area contributed by atoms with Crippen molar-refractivity contribution in [2.75, 3.05) is 11.1 Å². The number of pyridine rings is 1. The second kappa shape index (κ2) is 7.70. The summed E-state index contributed by atoms with van der Waals surface area (Å²) in [7, 11) is 0. The number of carbonyl (C=O) groups is 1. The fourth-order valence-electron chi connectivity index (χ4n) is 4.84. The highest BCUT2D eigenvalue weighted by Gasteiger charge is 2.49. The number of fused-ring (bicyclic) bond motifs is 2. The van der Waals surface area contributed by atoms with Crippen LogP contribution in [0.25, 0.3) is 17.2 Å². The molecule has 0 bridgehead atoms. The molecule has 184 valence electrons. The predicted octanol–water partition coefficient (Wildman–Crippen LogP) is 3.78. The number of halogens is 3. The van der Waals surface area contributed by atoms with Crippen LogP contribution in [0.3, 0.4) is 0 Å². The average Bonchev–Trinajstić information content (AvgIpc) is 3.38. The summed E-state index contributed by atoms with van der Waals surface area (Å²) in [4.78, 5) is 35.2. The standard InChI is InChI=1S/C24H21F3N8O/c1-23(16-6-5-13(10-30-16)24(25,26)27)17-18(28)32-19(33-20(17)34-22(23)36)15-11-35-8-7-29-21(35)14(31-15)9-12-3-2-4-12/h5-8,10-12H,2-4,9H2,1H3,(H3,28,32,33,34,36). The number of nitrogens with one attached hydrogen (secondary N) is 1. The monoisotopic (exact) mass is 494 g/mol. The lowest BCUT2D eigenvalue weighted by atomic mass is 9.80. The van der Waals surface area contributed by atoms with Crippen molar-refractivity contribution >= 4 is 23.2 Å². The number of alkyl halides is 3. The van der Waals surface area contributed by atoms with Crippen molar-refractivity contribution in [2.45, 2.75) is 44.2 Å². The zero-order valence-electron chi connectivity index (χ0n) is 19.2. The Labute approximate surface area is 203 Å². The van der Waals surface area contributed by atoms with E-state index in [4.69, 9.17) is 10.7 Å². The average molecular weight is 494 g/mol. The lowest BCUT2D eigenvalue weighted by Gasteiger charge is -2.25. The lowest BCUT2D eigenvalue weighted by molar-refractivity contribution is -0.137. The first kappa shape index (κ1) is 22.4. The number of hydrogen-bond donors (Lipinski definition) is 2. The van der Waals surface area contributed by atoms with Crippen LogP contribution in [-0.2, 0) is 22.8 Å². The van der Waals surface area contributed by atoms with E-state index in [0.29, 0.717) is 17.8 Å². The highest BCUT2D eigenvalue weighted by atomic mass is 19.4. The van der Waals surface area contributed by atoms with E-state index in [1.54, 1.807) is 12.4 Å². The number of anilines is 2. The van der Waals surface area contributed by atoms with Gasteiger partial charge >= 0.3 is 6.18 Å². The summed E-state index contributed by atoms with van der Waals surface area (Å²) in [5, 5.41) is 2.70. The van der Waals surface area contributed by atoms with Gasteiger partial charge in [-0.15, -0.1) is 0 Å². The molecule has 9 nitrogen and oxygen atoms in total. The summed E-state index contributed by atoms with van der Waals surface area (Å²) in [6, 6.07) is 2.06. The minimum atomic E-state index is -4.54. The number of nitrogen functional groups attached to an aromatic ring is 1. The SMILES string of the molecule is CC1(c2ccc(C(F)(F)F)cn2)C(=O)Nc2nc(-c3cn4ccnc4c(CC4CCC4)n3)nc(N)c21. The van der Waals surface area contributed by atoms with E-state index in [2.05, 4.69) is 25.3 Å². The Bertz CT molecular complexity index is 1510. The molecule has 6 rings (SSSR count). The zero-order valence-corrected chi connectivity index (χ0v) is 19.2. The molecule has 1 fully saturated rings. The molecule has 1 amide bonds. The molecular weight excluding hydrogens is 473 g/mol. The van der Waals surface area contributed by atoms with E-state index in [1.807, 2.05) is 10.6 Å². The molecule has 1 aliphatic heterocycles. The Balaban J connectivity index is 1.42.